The van der Waals surface area contributed by atoms with Crippen LogP contribution in [0.25, 0.3) is 0 Å². The molecule has 0 aliphatic carbocycles. The Morgan fingerprint density at radius 2 is 2.10 bits per heavy atom. The van der Waals surface area contributed by atoms with E-state index in [1.165, 1.54) is 11.8 Å². The molecule has 1 unspecified atom stereocenters. The van der Waals surface area contributed by atoms with Gasteiger partial charge in [-0.25, -0.2) is 9.89 Å². The molecule has 5 nitrogen and oxygen atoms in total. The van der Waals surface area contributed by atoms with Gasteiger partial charge in [0.05, 0.1) is 11.1 Å². The lowest BCUT2D eigenvalue weighted by Gasteiger charge is -2.10. The summed E-state index contributed by atoms with van der Waals surface area (Å²) in [7, 11) is 0. The van der Waals surface area contributed by atoms with Gasteiger partial charge < -0.3 is 5.11 Å². The van der Waals surface area contributed by atoms with Crippen LogP contribution in [0.3, 0.4) is 0 Å². The number of rotatable bonds is 4. The van der Waals surface area contributed by atoms with Crippen molar-refractivity contribution in [3.63, 3.8) is 0 Å². The second-order valence-corrected chi connectivity index (χ2v) is 6.16. The number of aromatic nitrogens is 3. The van der Waals surface area contributed by atoms with Gasteiger partial charge >= 0.3 is 5.69 Å². The number of nitrogens with one attached hydrogen (secondary N) is 1. The quantitative estimate of drug-likeness (QED) is 0.910. The van der Waals surface area contributed by atoms with Crippen molar-refractivity contribution in [2.75, 3.05) is 0 Å². The van der Waals surface area contributed by atoms with Gasteiger partial charge in [-0.1, -0.05) is 17.7 Å². The van der Waals surface area contributed by atoms with Crippen molar-refractivity contribution in [1.82, 2.24) is 14.8 Å². The molecule has 1 atom stereocenters. The minimum Gasteiger partial charge on any atom is -0.389 e. The van der Waals surface area contributed by atoms with Crippen LogP contribution in [0.2, 0.25) is 5.02 Å². The van der Waals surface area contributed by atoms with Gasteiger partial charge in [-0.05, 0) is 50.2 Å². The van der Waals surface area contributed by atoms with Crippen molar-refractivity contribution in [2.24, 2.45) is 0 Å². The third-order valence-corrected chi connectivity index (χ3v) is 4.30. The first-order valence-corrected chi connectivity index (χ1v) is 7.42. The summed E-state index contributed by atoms with van der Waals surface area (Å²) >= 11 is 7.52. The highest BCUT2D eigenvalue weighted by Gasteiger charge is 2.14. The van der Waals surface area contributed by atoms with E-state index in [4.69, 9.17) is 11.6 Å². The first-order chi connectivity index (χ1) is 9.40. The van der Waals surface area contributed by atoms with Gasteiger partial charge in [0.25, 0.3) is 0 Å². The molecule has 0 amide bonds. The Kier molecular flexibility index (Phi) is 4.57. The minimum absolute atomic E-state index is 0.0132. The average Bonchev–Trinajstić information content (AvgIpc) is 2.72. The molecular formula is C13H16ClN3O2S. The lowest BCUT2D eigenvalue weighted by Crippen LogP contribution is -2.19. The Hall–Kier alpha value is -1.24. The number of nitrogens with zero attached hydrogens (tertiary/aromatic N) is 2. The Balaban J connectivity index is 2.34. The second-order valence-electron chi connectivity index (χ2n) is 4.74. The van der Waals surface area contributed by atoms with Crippen LogP contribution >= 0.6 is 23.4 Å². The summed E-state index contributed by atoms with van der Waals surface area (Å²) in [5.74, 6) is 0. The maximum atomic E-state index is 11.7. The predicted molar refractivity (Wildman–Crippen MR) is 79.4 cm³/mol. The van der Waals surface area contributed by atoms with Crippen molar-refractivity contribution in [1.29, 1.82) is 0 Å². The maximum Gasteiger partial charge on any atom is 0.344 e. The monoisotopic (exact) mass is 313 g/mol. The summed E-state index contributed by atoms with van der Waals surface area (Å²) < 4.78 is 1.57. The molecule has 2 aromatic rings. The first-order valence-electron chi connectivity index (χ1n) is 6.22. The third-order valence-electron chi connectivity index (χ3n) is 2.83. The normalized spacial score (nSPS) is 12.9. The van der Waals surface area contributed by atoms with Gasteiger partial charge in [0.1, 0.15) is 0 Å². The van der Waals surface area contributed by atoms with Crippen LogP contribution in [0.5, 0.6) is 0 Å². The van der Waals surface area contributed by atoms with Crippen LogP contribution in [-0.4, -0.2) is 19.9 Å². The summed E-state index contributed by atoms with van der Waals surface area (Å²) in [6.45, 7) is 5.51. The molecule has 0 spiro atoms. The van der Waals surface area contributed by atoms with Gasteiger partial charge in [0, 0.05) is 10.9 Å². The zero-order valence-corrected chi connectivity index (χ0v) is 13.0. The van der Waals surface area contributed by atoms with E-state index in [0.29, 0.717) is 10.2 Å². The number of aliphatic hydroxyl groups is 1. The molecule has 7 heteroatoms. The van der Waals surface area contributed by atoms with Gasteiger partial charge in [-0.3, -0.25) is 4.57 Å². The van der Waals surface area contributed by atoms with Crippen LogP contribution < -0.4 is 5.69 Å². The summed E-state index contributed by atoms with van der Waals surface area (Å²) in [5.41, 5.74) is 0.516. The second kappa shape index (κ2) is 6.03. The molecule has 0 saturated carbocycles. The molecule has 1 aromatic carbocycles. The molecule has 20 heavy (non-hydrogen) atoms. The number of aliphatic hydroxyl groups excluding tert-OH is 1. The van der Waals surface area contributed by atoms with Crippen molar-refractivity contribution in [3.8, 4) is 0 Å². The molecule has 0 fully saturated rings. The maximum absolute atomic E-state index is 11.7. The van der Waals surface area contributed by atoms with E-state index in [9.17, 15) is 9.90 Å². The van der Waals surface area contributed by atoms with Crippen LogP contribution in [0, 0.1) is 0 Å². The SMILES string of the molecule is CC(O)c1ccc(Sc2n[nH]c(=O)n2C(C)C)c(Cl)c1. The van der Waals surface area contributed by atoms with Crippen LogP contribution in [0.4, 0.5) is 0 Å². The molecule has 0 aliphatic rings. The summed E-state index contributed by atoms with van der Waals surface area (Å²) in [5, 5.41) is 17.1. The molecule has 0 saturated heterocycles. The van der Waals surface area contributed by atoms with Gasteiger partial charge in [-0.15, -0.1) is 5.10 Å². The molecule has 2 N–H and O–H groups in total. The van der Waals surface area contributed by atoms with E-state index < -0.39 is 6.10 Å². The highest BCUT2D eigenvalue weighted by Crippen LogP contribution is 2.34. The zero-order chi connectivity index (χ0) is 14.9. The molecule has 0 aliphatic heterocycles. The van der Waals surface area contributed by atoms with Crippen molar-refractivity contribution >= 4 is 23.4 Å². The van der Waals surface area contributed by atoms with Gasteiger partial charge in [-0.2, -0.15) is 0 Å². The summed E-state index contributed by atoms with van der Waals surface area (Å²) in [4.78, 5) is 12.5. The number of aromatic amines is 1. The zero-order valence-electron chi connectivity index (χ0n) is 11.4. The van der Waals surface area contributed by atoms with Crippen LogP contribution in [0.15, 0.2) is 33.0 Å². The Morgan fingerprint density at radius 3 is 2.65 bits per heavy atom. The largest absolute Gasteiger partial charge is 0.389 e. The Morgan fingerprint density at radius 1 is 1.40 bits per heavy atom. The number of H-pyrrole nitrogens is 1. The van der Waals surface area contributed by atoms with E-state index in [1.54, 1.807) is 17.6 Å². The summed E-state index contributed by atoms with van der Waals surface area (Å²) in [6.07, 6.45) is -0.564. The third kappa shape index (κ3) is 3.08. The van der Waals surface area contributed by atoms with E-state index in [2.05, 4.69) is 10.2 Å². The van der Waals surface area contributed by atoms with E-state index in [0.717, 1.165) is 10.5 Å². The van der Waals surface area contributed by atoms with Gasteiger partial charge in [0.2, 0.25) is 0 Å². The highest BCUT2D eigenvalue weighted by atomic mass is 35.5. The lowest BCUT2D eigenvalue weighted by atomic mass is 10.1. The predicted octanol–water partition coefficient (Wildman–Crippen LogP) is 3.01. The van der Waals surface area contributed by atoms with E-state index >= 15 is 0 Å². The number of hydrogen-bond acceptors (Lipinski definition) is 4. The number of halogens is 1. The average molecular weight is 314 g/mol. The fourth-order valence-electron chi connectivity index (χ4n) is 1.78. The molecule has 108 valence electrons. The Labute approximate surface area is 126 Å². The van der Waals surface area contributed by atoms with Crippen LogP contribution in [0.1, 0.15) is 38.5 Å². The fourth-order valence-corrected chi connectivity index (χ4v) is 3.05. The standard InChI is InChI=1S/C13H16ClN3O2S/c1-7(2)17-12(19)15-16-13(17)20-11-5-4-9(8(3)18)6-10(11)14/h4-8,18H,1-3H3,(H,15,19). The summed E-state index contributed by atoms with van der Waals surface area (Å²) in [6, 6.07) is 5.36. The lowest BCUT2D eigenvalue weighted by molar-refractivity contribution is 0.199. The van der Waals surface area contributed by atoms with Gasteiger partial charge in [0.15, 0.2) is 5.16 Å². The molecule has 1 heterocycles. The topological polar surface area (TPSA) is 70.9 Å². The van der Waals surface area contributed by atoms with Crippen molar-refractivity contribution < 1.29 is 5.11 Å². The van der Waals surface area contributed by atoms with E-state index in [1.807, 2.05) is 26.0 Å². The molecule has 0 radical (unpaired) electrons. The molecule has 1 aromatic heterocycles. The minimum atomic E-state index is -0.564. The van der Waals surface area contributed by atoms with E-state index in [-0.39, 0.29) is 11.7 Å². The Bertz CT molecular complexity index is 664. The van der Waals surface area contributed by atoms with Crippen molar-refractivity contribution in [2.45, 2.75) is 43.0 Å². The van der Waals surface area contributed by atoms with Crippen LogP contribution in [-0.2, 0) is 0 Å². The smallest absolute Gasteiger partial charge is 0.344 e. The molecule has 2 rings (SSSR count). The molecule has 0 bridgehead atoms. The number of hydrogen-bond donors (Lipinski definition) is 2. The highest BCUT2D eigenvalue weighted by molar-refractivity contribution is 7.99. The molecular weight excluding hydrogens is 298 g/mol. The fraction of sp³-hybridized carbons (Fsp3) is 0.385. The number of benzene rings is 1. The first kappa shape index (κ1) is 15.2. The van der Waals surface area contributed by atoms with Crippen molar-refractivity contribution in [3.05, 3.63) is 39.3 Å².